The van der Waals surface area contributed by atoms with Crippen molar-refractivity contribution in [2.24, 2.45) is 7.05 Å². The van der Waals surface area contributed by atoms with Gasteiger partial charge in [-0.05, 0) is 95.2 Å². The zero-order valence-electron chi connectivity index (χ0n) is 26.6. The van der Waals surface area contributed by atoms with E-state index in [9.17, 15) is 9.90 Å². The Hall–Kier alpha value is -3.34. The molecule has 0 spiro atoms. The molecule has 2 aromatic heterocycles. The van der Waals surface area contributed by atoms with Crippen LogP contribution in [0.1, 0.15) is 56.0 Å². The second-order valence-electron chi connectivity index (χ2n) is 12.9. The zero-order valence-corrected chi connectivity index (χ0v) is 28.2. The predicted octanol–water partition coefficient (Wildman–Crippen LogP) is 7.43. The van der Waals surface area contributed by atoms with E-state index in [2.05, 4.69) is 28.4 Å². The summed E-state index contributed by atoms with van der Waals surface area (Å²) < 4.78 is 9.08. The number of fused-ring (bicyclic) bond motifs is 2. The number of benzene rings is 3. The molecule has 10 heteroatoms. The lowest BCUT2D eigenvalue weighted by Crippen LogP contribution is -2.28. The molecule has 45 heavy (non-hydrogen) atoms. The molecule has 2 atom stereocenters. The van der Waals surface area contributed by atoms with Crippen LogP contribution in [0.3, 0.4) is 0 Å². The number of ether oxygens (including phenoxy) is 1. The number of hydrogen-bond donors (Lipinski definition) is 2. The molecule has 0 saturated carbocycles. The normalized spacial score (nSPS) is 16.6. The van der Waals surface area contributed by atoms with E-state index in [1.165, 1.54) is 0 Å². The van der Waals surface area contributed by atoms with E-state index < -0.39 is 17.7 Å². The summed E-state index contributed by atoms with van der Waals surface area (Å²) in [6.07, 6.45) is -0.0613. The van der Waals surface area contributed by atoms with E-state index in [0.29, 0.717) is 16.5 Å². The monoisotopic (exact) mass is 645 g/mol. The number of nitrogens with zero attached hydrogens (tertiary/aromatic N) is 4. The van der Waals surface area contributed by atoms with Gasteiger partial charge in [0.1, 0.15) is 5.01 Å². The Labute approximate surface area is 273 Å². The summed E-state index contributed by atoms with van der Waals surface area (Å²) in [5.41, 5.74) is 6.56. The van der Waals surface area contributed by atoms with Gasteiger partial charge in [-0.15, -0.1) is 11.3 Å². The third-order valence-corrected chi connectivity index (χ3v) is 9.87. The van der Waals surface area contributed by atoms with Gasteiger partial charge in [-0.25, -0.2) is 9.78 Å². The number of rotatable bonds is 9. The number of thiazole rings is 1. The number of halogens is 1. The molecule has 8 nitrogen and oxygen atoms in total. The Bertz CT molecular complexity index is 1870. The number of likely N-dealkylation sites (N-methyl/N-ethyl adjacent to an activating group) is 1. The lowest BCUT2D eigenvalue weighted by molar-refractivity contribution is -0.160. The second kappa shape index (κ2) is 12.5. The fraction of sp³-hybridized carbons (Fsp3) is 0.400. The van der Waals surface area contributed by atoms with Gasteiger partial charge < -0.3 is 20.1 Å². The highest BCUT2D eigenvalue weighted by molar-refractivity contribution is 7.22. The van der Waals surface area contributed by atoms with E-state index in [-0.39, 0.29) is 0 Å². The van der Waals surface area contributed by atoms with Crippen molar-refractivity contribution in [3.63, 3.8) is 0 Å². The Morgan fingerprint density at radius 3 is 2.60 bits per heavy atom. The number of hydrogen-bond acceptors (Lipinski definition) is 7. The number of likely N-dealkylation sites (tertiary alicyclic amines) is 1. The van der Waals surface area contributed by atoms with Crippen LogP contribution < -0.4 is 5.32 Å². The molecule has 236 valence electrons. The van der Waals surface area contributed by atoms with Crippen LogP contribution in [0.2, 0.25) is 5.02 Å². The Morgan fingerprint density at radius 1 is 1.18 bits per heavy atom. The van der Waals surface area contributed by atoms with Crippen molar-refractivity contribution >= 4 is 50.0 Å². The molecule has 1 aliphatic heterocycles. The van der Waals surface area contributed by atoms with Gasteiger partial charge in [-0.1, -0.05) is 23.7 Å². The number of aryl methyl sites for hydroxylation is 2. The molecule has 3 aromatic carbocycles. The number of carbonyl (C=O) groups is 1. The van der Waals surface area contributed by atoms with Gasteiger partial charge in [-0.2, -0.15) is 5.10 Å². The van der Waals surface area contributed by atoms with Gasteiger partial charge in [0, 0.05) is 59.7 Å². The highest BCUT2D eigenvalue weighted by Gasteiger charge is 2.33. The largest absolute Gasteiger partial charge is 0.479 e. The van der Waals surface area contributed by atoms with Crippen LogP contribution in [0, 0.1) is 6.92 Å². The van der Waals surface area contributed by atoms with Crippen LogP contribution >= 0.6 is 22.9 Å². The summed E-state index contributed by atoms with van der Waals surface area (Å²) in [7, 11) is 4.01. The van der Waals surface area contributed by atoms with Crippen molar-refractivity contribution in [3.05, 3.63) is 70.4 Å². The Balaban J connectivity index is 1.49. The van der Waals surface area contributed by atoms with Gasteiger partial charge in [0.15, 0.2) is 6.10 Å². The molecular weight excluding hydrogens is 606 g/mol. The first-order valence-electron chi connectivity index (χ1n) is 15.4. The second-order valence-corrected chi connectivity index (χ2v) is 14.4. The Morgan fingerprint density at radius 2 is 1.91 bits per heavy atom. The molecule has 0 amide bonds. The number of carboxylic acid groups (broad SMARTS) is 1. The van der Waals surface area contributed by atoms with Crippen molar-refractivity contribution < 1.29 is 14.6 Å². The summed E-state index contributed by atoms with van der Waals surface area (Å²) in [5.74, 6) is -0.646. The van der Waals surface area contributed by atoms with Gasteiger partial charge >= 0.3 is 5.97 Å². The average Bonchev–Trinajstić information content (AvgIpc) is 3.71. The summed E-state index contributed by atoms with van der Waals surface area (Å²) in [5, 5.41) is 21.3. The van der Waals surface area contributed by atoms with Crippen molar-refractivity contribution in [3.8, 4) is 21.7 Å². The quantitative estimate of drug-likeness (QED) is 0.172. The van der Waals surface area contributed by atoms with E-state index in [1.807, 2.05) is 76.8 Å². The van der Waals surface area contributed by atoms with Crippen LogP contribution in [0.15, 0.2) is 48.5 Å². The Kier molecular flexibility index (Phi) is 8.76. The topological polar surface area (TPSA) is 92.5 Å². The first-order valence-corrected chi connectivity index (χ1v) is 16.6. The van der Waals surface area contributed by atoms with Crippen LogP contribution in [-0.4, -0.2) is 69.6 Å². The molecule has 0 aliphatic carbocycles. The van der Waals surface area contributed by atoms with Crippen molar-refractivity contribution in [2.75, 3.05) is 33.2 Å². The maximum absolute atomic E-state index is 12.7. The fourth-order valence-corrected chi connectivity index (χ4v) is 7.67. The molecule has 3 heterocycles. The van der Waals surface area contributed by atoms with E-state index in [1.54, 1.807) is 11.3 Å². The first-order chi connectivity index (χ1) is 21.4. The highest BCUT2D eigenvalue weighted by Crippen LogP contribution is 2.45. The van der Waals surface area contributed by atoms with Crippen molar-refractivity contribution in [2.45, 2.75) is 51.7 Å². The molecule has 1 unspecified atom stereocenters. The summed E-state index contributed by atoms with van der Waals surface area (Å²) in [6, 6.07) is 16.0. The molecule has 1 aliphatic rings. The molecule has 0 radical (unpaired) electrons. The van der Waals surface area contributed by atoms with E-state index in [0.717, 1.165) is 86.7 Å². The smallest absolute Gasteiger partial charge is 0.337 e. The lowest BCUT2D eigenvalue weighted by Gasteiger charge is -2.28. The van der Waals surface area contributed by atoms with E-state index >= 15 is 0 Å². The maximum atomic E-state index is 12.7. The number of nitrogens with one attached hydrogen (secondary N) is 1. The molecule has 2 N–H and O–H groups in total. The zero-order chi connectivity index (χ0) is 32.0. The van der Waals surface area contributed by atoms with Crippen molar-refractivity contribution in [1.29, 1.82) is 0 Å². The summed E-state index contributed by atoms with van der Waals surface area (Å²) in [6.45, 7) is 11.7. The number of aromatic nitrogens is 3. The molecule has 1 fully saturated rings. The molecule has 1 saturated heterocycles. The summed E-state index contributed by atoms with van der Waals surface area (Å²) >= 11 is 7.85. The third kappa shape index (κ3) is 6.37. The van der Waals surface area contributed by atoms with Crippen molar-refractivity contribution in [1.82, 2.24) is 25.0 Å². The lowest BCUT2D eigenvalue weighted by atomic mass is 9.91. The van der Waals surface area contributed by atoms with Crippen LogP contribution in [-0.2, 0) is 16.6 Å². The fourth-order valence-electron chi connectivity index (χ4n) is 6.42. The minimum absolute atomic E-state index is 0.383. The molecular formula is C35H40ClN5O3S. The average molecular weight is 646 g/mol. The van der Waals surface area contributed by atoms with Crippen LogP contribution in [0.4, 0.5) is 0 Å². The molecule has 6 rings (SSSR count). The highest BCUT2D eigenvalue weighted by atomic mass is 35.5. The van der Waals surface area contributed by atoms with Gasteiger partial charge in [0.2, 0.25) is 0 Å². The minimum atomic E-state index is -1.15. The third-order valence-electron chi connectivity index (χ3n) is 8.48. The van der Waals surface area contributed by atoms with Gasteiger partial charge in [0.05, 0.1) is 27.0 Å². The molecule has 5 aromatic rings. The molecule has 0 bridgehead atoms. The SMILES string of the molecule is CNCCN1CCC(c2nn(C)c3ccc(-c4nc5cc(C)c([C@H](OC(C)(C)C)C(=O)O)c(-c6ccc(Cl)cc6)c5s4)cc23)C1. The van der Waals surface area contributed by atoms with Crippen LogP contribution in [0.25, 0.3) is 42.8 Å². The first kappa shape index (κ1) is 31.6. The summed E-state index contributed by atoms with van der Waals surface area (Å²) in [4.78, 5) is 20.3. The van der Waals surface area contributed by atoms with Gasteiger partial charge in [0.25, 0.3) is 0 Å². The maximum Gasteiger partial charge on any atom is 0.337 e. The number of aliphatic carboxylic acids is 1. The van der Waals surface area contributed by atoms with Gasteiger partial charge in [-0.3, -0.25) is 4.68 Å². The van der Waals surface area contributed by atoms with E-state index in [4.69, 9.17) is 26.4 Å². The van der Waals surface area contributed by atoms with Crippen LogP contribution in [0.5, 0.6) is 0 Å². The predicted molar refractivity (Wildman–Crippen MR) is 183 cm³/mol. The standard InChI is InChI=1S/C35H40ClN5O3S/c1-20-17-26-32(29(21-7-10-24(36)11-8-21)28(20)31(34(42)43)44-35(2,3)4)45-33(38-26)22-9-12-27-25(18-22)30(39-40(27)6)23-13-15-41(19-23)16-14-37-5/h7-12,17-18,23,31,37H,13-16,19H2,1-6H3,(H,42,43)/t23?,31-/m0/s1. The minimum Gasteiger partial charge on any atom is -0.479 e. The number of carboxylic acids is 1.